The van der Waals surface area contributed by atoms with Crippen LogP contribution in [0, 0.1) is 6.92 Å². The molecule has 84 valence electrons. The fourth-order valence-electron chi connectivity index (χ4n) is 1.08. The Labute approximate surface area is 103 Å². The van der Waals surface area contributed by atoms with Crippen LogP contribution in [0.25, 0.3) is 0 Å². The Balaban J connectivity index is 2.82. The Hall–Kier alpha value is -0.260. The van der Waals surface area contributed by atoms with Crippen LogP contribution in [0.3, 0.4) is 0 Å². The molecule has 1 aromatic heterocycles. The summed E-state index contributed by atoms with van der Waals surface area (Å²) < 4.78 is 0.956. The first-order valence-corrected chi connectivity index (χ1v) is 6.41. The quantitative estimate of drug-likeness (QED) is 0.837. The van der Waals surface area contributed by atoms with Gasteiger partial charge in [-0.05, 0) is 34.8 Å². The van der Waals surface area contributed by atoms with Crippen molar-refractivity contribution in [2.24, 2.45) is 0 Å². The molecule has 0 bridgehead atoms. The largest absolute Gasteiger partial charge is 0.397 e. The molecule has 0 fully saturated rings. The Morgan fingerprint density at radius 2 is 2.33 bits per heavy atom. The van der Waals surface area contributed by atoms with Crippen LogP contribution in [-0.2, 0) is 0 Å². The molecule has 1 rings (SSSR count). The number of anilines is 1. The van der Waals surface area contributed by atoms with Gasteiger partial charge >= 0.3 is 0 Å². The van der Waals surface area contributed by atoms with Gasteiger partial charge in [-0.15, -0.1) is 11.8 Å². The van der Waals surface area contributed by atoms with Crippen LogP contribution in [0.1, 0.15) is 18.9 Å². The van der Waals surface area contributed by atoms with E-state index in [1.807, 2.05) is 6.92 Å². The van der Waals surface area contributed by atoms with E-state index in [1.54, 1.807) is 18.0 Å². The van der Waals surface area contributed by atoms with Crippen molar-refractivity contribution in [2.75, 3.05) is 12.3 Å². The van der Waals surface area contributed by atoms with Gasteiger partial charge in [0.05, 0.1) is 16.4 Å². The minimum atomic E-state index is 0.208. The van der Waals surface area contributed by atoms with Crippen molar-refractivity contribution in [1.82, 2.24) is 4.98 Å². The third kappa shape index (κ3) is 3.36. The van der Waals surface area contributed by atoms with Gasteiger partial charge in [0.1, 0.15) is 5.03 Å². The number of pyridine rings is 1. The molecular weight excluding hydrogens is 276 g/mol. The number of nitrogen functional groups attached to an aromatic ring is 1. The standard InChI is InChI=1S/C10H15BrN2OS/c1-6(3-4-14)15-10-9(11)7(2)8(12)5-13-10/h5-6,14H,3-4,12H2,1-2H3. The highest BCUT2D eigenvalue weighted by Gasteiger charge is 2.11. The number of hydrogen-bond donors (Lipinski definition) is 2. The van der Waals surface area contributed by atoms with Crippen molar-refractivity contribution < 1.29 is 5.11 Å². The minimum Gasteiger partial charge on any atom is -0.397 e. The third-order valence-corrected chi connectivity index (χ3v) is 4.52. The average Bonchev–Trinajstić information content (AvgIpc) is 2.20. The number of aromatic nitrogens is 1. The van der Waals surface area contributed by atoms with Crippen LogP contribution in [0.5, 0.6) is 0 Å². The molecule has 1 unspecified atom stereocenters. The third-order valence-electron chi connectivity index (χ3n) is 2.12. The van der Waals surface area contributed by atoms with Crippen LogP contribution in [0.15, 0.2) is 15.7 Å². The van der Waals surface area contributed by atoms with Crippen LogP contribution in [0.4, 0.5) is 5.69 Å². The summed E-state index contributed by atoms with van der Waals surface area (Å²) >= 11 is 5.13. The summed E-state index contributed by atoms with van der Waals surface area (Å²) in [4.78, 5) is 4.27. The lowest BCUT2D eigenvalue weighted by Crippen LogP contribution is -2.01. The number of nitrogens with zero attached hydrogens (tertiary/aromatic N) is 1. The highest BCUT2D eigenvalue weighted by atomic mass is 79.9. The van der Waals surface area contributed by atoms with E-state index in [-0.39, 0.29) is 6.61 Å². The summed E-state index contributed by atoms with van der Waals surface area (Å²) in [7, 11) is 0. The first kappa shape index (κ1) is 12.8. The van der Waals surface area contributed by atoms with Crippen LogP contribution < -0.4 is 5.73 Å². The Kier molecular flexibility index (Phi) is 4.89. The molecule has 0 amide bonds. The zero-order valence-corrected chi connectivity index (χ0v) is 11.2. The number of rotatable bonds is 4. The van der Waals surface area contributed by atoms with Gasteiger partial charge in [-0.3, -0.25) is 0 Å². The maximum Gasteiger partial charge on any atom is 0.111 e. The molecule has 0 saturated heterocycles. The second kappa shape index (κ2) is 5.72. The van der Waals surface area contributed by atoms with Crippen molar-refractivity contribution >= 4 is 33.4 Å². The molecule has 0 spiro atoms. The molecule has 3 nitrogen and oxygen atoms in total. The second-order valence-corrected chi connectivity index (χ2v) is 5.62. The lowest BCUT2D eigenvalue weighted by molar-refractivity contribution is 0.289. The summed E-state index contributed by atoms with van der Waals surface area (Å²) in [5.74, 6) is 0. The van der Waals surface area contributed by atoms with Gasteiger partial charge in [0.25, 0.3) is 0 Å². The Bertz CT molecular complexity index is 346. The van der Waals surface area contributed by atoms with E-state index < -0.39 is 0 Å². The molecule has 0 aromatic carbocycles. The first-order valence-electron chi connectivity index (χ1n) is 4.74. The summed E-state index contributed by atoms with van der Waals surface area (Å²) in [5, 5.41) is 10.1. The molecule has 15 heavy (non-hydrogen) atoms. The number of aliphatic hydroxyl groups excluding tert-OH is 1. The minimum absolute atomic E-state index is 0.208. The molecule has 1 aromatic rings. The van der Waals surface area contributed by atoms with Gasteiger partial charge in [-0.25, -0.2) is 4.98 Å². The normalized spacial score (nSPS) is 12.8. The predicted molar refractivity (Wildman–Crippen MR) is 68.1 cm³/mol. The van der Waals surface area contributed by atoms with Crippen molar-refractivity contribution in [2.45, 2.75) is 30.5 Å². The van der Waals surface area contributed by atoms with Crippen molar-refractivity contribution in [3.05, 3.63) is 16.2 Å². The molecule has 0 saturated carbocycles. The SMILES string of the molecule is Cc1c(N)cnc(SC(C)CCO)c1Br. The topological polar surface area (TPSA) is 59.1 Å². The van der Waals surface area contributed by atoms with Crippen LogP contribution in [0.2, 0.25) is 0 Å². The van der Waals surface area contributed by atoms with Crippen LogP contribution >= 0.6 is 27.7 Å². The maximum atomic E-state index is 8.82. The number of hydrogen-bond acceptors (Lipinski definition) is 4. The average molecular weight is 291 g/mol. The number of nitrogens with two attached hydrogens (primary N) is 1. The number of halogens is 1. The highest BCUT2D eigenvalue weighted by molar-refractivity contribution is 9.10. The van der Waals surface area contributed by atoms with Gasteiger partial charge in [-0.1, -0.05) is 6.92 Å². The fourth-order valence-corrected chi connectivity index (χ4v) is 2.67. The fraction of sp³-hybridized carbons (Fsp3) is 0.500. The van der Waals surface area contributed by atoms with E-state index in [2.05, 4.69) is 27.8 Å². The van der Waals surface area contributed by atoms with Gasteiger partial charge in [0, 0.05) is 11.9 Å². The molecule has 0 aliphatic carbocycles. The first-order chi connectivity index (χ1) is 7.06. The Morgan fingerprint density at radius 1 is 1.67 bits per heavy atom. The smallest absolute Gasteiger partial charge is 0.111 e. The summed E-state index contributed by atoms with van der Waals surface area (Å²) in [6, 6.07) is 0. The molecule has 0 aliphatic heterocycles. The Morgan fingerprint density at radius 3 is 2.93 bits per heavy atom. The van der Waals surface area contributed by atoms with E-state index in [9.17, 15) is 0 Å². The van der Waals surface area contributed by atoms with E-state index in [1.165, 1.54) is 0 Å². The van der Waals surface area contributed by atoms with Crippen molar-refractivity contribution in [3.63, 3.8) is 0 Å². The second-order valence-electron chi connectivity index (χ2n) is 3.40. The highest BCUT2D eigenvalue weighted by Crippen LogP contribution is 2.33. The zero-order valence-electron chi connectivity index (χ0n) is 8.83. The van der Waals surface area contributed by atoms with E-state index in [0.29, 0.717) is 10.9 Å². The molecule has 0 aliphatic rings. The van der Waals surface area contributed by atoms with Crippen molar-refractivity contribution in [1.29, 1.82) is 0 Å². The predicted octanol–water partition coefficient (Wildman–Crippen LogP) is 2.60. The van der Waals surface area contributed by atoms with Crippen LogP contribution in [-0.4, -0.2) is 21.9 Å². The van der Waals surface area contributed by atoms with Gasteiger partial charge in [0.2, 0.25) is 0 Å². The molecule has 0 radical (unpaired) electrons. The number of aliphatic hydroxyl groups is 1. The molecule has 1 atom stereocenters. The summed E-state index contributed by atoms with van der Waals surface area (Å²) in [6.07, 6.45) is 2.44. The molecular formula is C10H15BrN2OS. The molecule has 5 heteroatoms. The molecule has 3 N–H and O–H groups in total. The summed E-state index contributed by atoms with van der Waals surface area (Å²) in [6.45, 7) is 4.24. The zero-order chi connectivity index (χ0) is 11.4. The summed E-state index contributed by atoms with van der Waals surface area (Å²) in [5.41, 5.74) is 7.45. The van der Waals surface area contributed by atoms with Gasteiger partial charge in [0.15, 0.2) is 0 Å². The van der Waals surface area contributed by atoms with Crippen molar-refractivity contribution in [3.8, 4) is 0 Å². The monoisotopic (exact) mass is 290 g/mol. The molecule has 1 heterocycles. The number of thioether (sulfide) groups is 1. The van der Waals surface area contributed by atoms with E-state index in [0.717, 1.165) is 21.5 Å². The van der Waals surface area contributed by atoms with E-state index in [4.69, 9.17) is 10.8 Å². The van der Waals surface area contributed by atoms with Gasteiger partial charge in [-0.2, -0.15) is 0 Å². The lowest BCUT2D eigenvalue weighted by atomic mass is 10.3. The van der Waals surface area contributed by atoms with E-state index >= 15 is 0 Å². The lowest BCUT2D eigenvalue weighted by Gasteiger charge is -2.12. The maximum absolute atomic E-state index is 8.82. The van der Waals surface area contributed by atoms with Gasteiger partial charge < -0.3 is 10.8 Å².